The minimum Gasteiger partial charge on any atom is -0.373 e. The molecule has 122 valence electrons. The first-order chi connectivity index (χ1) is 10.6. The Kier molecular flexibility index (Phi) is 2.68. The Labute approximate surface area is 136 Å². The highest BCUT2D eigenvalue weighted by atomic mass is 31.1. The van der Waals surface area contributed by atoms with Crippen LogP contribution in [0.4, 0.5) is 0 Å². The minimum atomic E-state index is -0.729. The second-order valence-electron chi connectivity index (χ2n) is 10.6. The van der Waals surface area contributed by atoms with Crippen molar-refractivity contribution in [3.63, 3.8) is 0 Å². The number of hydrogen-bond donors (Lipinski definition) is 1. The predicted octanol–water partition coefficient (Wildman–Crippen LogP) is 5.31. The molecular weight excluding hydrogens is 287 g/mol. The second kappa shape index (κ2) is 4.32. The van der Waals surface area contributed by atoms with E-state index >= 15 is 0 Å². The maximum Gasteiger partial charge on any atom is 0.0378 e. The van der Waals surface area contributed by atoms with Crippen molar-refractivity contribution >= 4 is 8.15 Å². The molecule has 22 heavy (non-hydrogen) atoms. The first-order valence-corrected chi connectivity index (χ1v) is 11.4. The van der Waals surface area contributed by atoms with Gasteiger partial charge in [-0.15, -0.1) is 0 Å². The molecule has 0 aromatic heterocycles. The molecule has 0 heterocycles. The minimum absolute atomic E-state index is 0.426. The summed E-state index contributed by atoms with van der Waals surface area (Å²) in [6, 6.07) is 0. The third-order valence-electron chi connectivity index (χ3n) is 8.91. The largest absolute Gasteiger partial charge is 0.373 e. The molecule has 0 aromatic carbocycles. The van der Waals surface area contributed by atoms with Gasteiger partial charge in [-0.25, -0.2) is 0 Å². The fourth-order valence-corrected chi connectivity index (χ4v) is 12.7. The van der Waals surface area contributed by atoms with Gasteiger partial charge >= 0.3 is 0 Å². The van der Waals surface area contributed by atoms with Crippen molar-refractivity contribution in [2.24, 2.45) is 35.5 Å². The summed E-state index contributed by atoms with van der Waals surface area (Å²) in [5, 5.41) is 0.853. The number of rotatable bonds is 2. The smallest absolute Gasteiger partial charge is 0.0378 e. The molecule has 8 fully saturated rings. The highest BCUT2D eigenvalue weighted by Gasteiger charge is 2.62. The van der Waals surface area contributed by atoms with Crippen LogP contribution >= 0.6 is 8.15 Å². The lowest BCUT2D eigenvalue weighted by atomic mass is 9.55. The van der Waals surface area contributed by atoms with E-state index in [9.17, 15) is 4.89 Å². The molecule has 1 N–H and O–H groups in total. The van der Waals surface area contributed by atoms with Crippen LogP contribution < -0.4 is 0 Å². The van der Waals surface area contributed by atoms with Gasteiger partial charge in [0.1, 0.15) is 0 Å². The highest BCUT2D eigenvalue weighted by Crippen LogP contribution is 2.77. The van der Waals surface area contributed by atoms with Crippen LogP contribution in [-0.4, -0.2) is 15.2 Å². The molecule has 0 aliphatic heterocycles. The molecule has 1 nitrogen and oxygen atoms in total. The quantitative estimate of drug-likeness (QED) is 0.684. The first-order valence-electron chi connectivity index (χ1n) is 10.1. The van der Waals surface area contributed by atoms with Crippen molar-refractivity contribution in [1.29, 1.82) is 0 Å². The zero-order valence-corrected chi connectivity index (χ0v) is 14.7. The molecule has 0 spiro atoms. The Bertz CT molecular complexity index is 383. The maximum atomic E-state index is 11.8. The Balaban J connectivity index is 1.36. The van der Waals surface area contributed by atoms with E-state index in [4.69, 9.17) is 0 Å². The molecule has 0 amide bonds. The molecule has 2 heteroatoms. The fraction of sp³-hybridized carbons (Fsp3) is 1.00. The summed E-state index contributed by atoms with van der Waals surface area (Å²) in [6.07, 6.45) is 17.6. The molecular formula is C20H31OP. The lowest BCUT2D eigenvalue weighted by Gasteiger charge is -2.65. The van der Waals surface area contributed by atoms with Crippen molar-refractivity contribution in [2.45, 2.75) is 87.4 Å². The van der Waals surface area contributed by atoms with Crippen LogP contribution in [0.2, 0.25) is 0 Å². The first kappa shape index (κ1) is 13.7. The average Bonchev–Trinajstić information content (AvgIpc) is 2.43. The zero-order valence-electron chi connectivity index (χ0n) is 13.8. The van der Waals surface area contributed by atoms with Crippen molar-refractivity contribution in [3.8, 4) is 0 Å². The molecule has 8 aliphatic carbocycles. The van der Waals surface area contributed by atoms with Crippen molar-refractivity contribution < 1.29 is 4.89 Å². The molecule has 8 aliphatic rings. The number of hydrogen-bond acceptors (Lipinski definition) is 1. The van der Waals surface area contributed by atoms with Gasteiger partial charge in [-0.2, -0.15) is 0 Å². The van der Waals surface area contributed by atoms with E-state index < -0.39 is 8.15 Å². The third-order valence-corrected chi connectivity index (χ3v) is 11.8. The van der Waals surface area contributed by atoms with Gasteiger partial charge in [-0.05, 0) is 113 Å². The van der Waals surface area contributed by atoms with E-state index in [1.165, 1.54) is 77.0 Å². The lowest BCUT2D eigenvalue weighted by molar-refractivity contribution is 0.0129. The van der Waals surface area contributed by atoms with E-state index in [1.807, 2.05) is 0 Å². The van der Waals surface area contributed by atoms with Crippen LogP contribution in [0, 0.1) is 35.5 Å². The lowest BCUT2D eigenvalue weighted by Crippen LogP contribution is -2.56. The Morgan fingerprint density at radius 1 is 0.500 bits per heavy atom. The summed E-state index contributed by atoms with van der Waals surface area (Å²) in [7, 11) is -0.729. The van der Waals surface area contributed by atoms with Crippen molar-refractivity contribution in [2.75, 3.05) is 0 Å². The van der Waals surface area contributed by atoms with E-state index in [-0.39, 0.29) is 0 Å². The van der Waals surface area contributed by atoms with E-state index in [2.05, 4.69) is 0 Å². The topological polar surface area (TPSA) is 20.2 Å². The van der Waals surface area contributed by atoms with Crippen LogP contribution in [0.25, 0.3) is 0 Å². The summed E-state index contributed by atoms with van der Waals surface area (Å²) < 4.78 is 0. The van der Waals surface area contributed by atoms with Crippen LogP contribution in [0.15, 0.2) is 0 Å². The zero-order chi connectivity index (χ0) is 14.5. The molecule has 0 saturated heterocycles. The second-order valence-corrected chi connectivity index (χ2v) is 13.1. The SMILES string of the molecule is OP(C12CC3CC(CC(C3)C1)C2)C12CC3CC(CC(C3)C1)C2. The van der Waals surface area contributed by atoms with Crippen LogP contribution in [0.3, 0.4) is 0 Å². The van der Waals surface area contributed by atoms with Gasteiger partial charge in [0.15, 0.2) is 0 Å². The van der Waals surface area contributed by atoms with Gasteiger partial charge in [-0.1, -0.05) is 0 Å². The van der Waals surface area contributed by atoms with E-state index in [1.54, 1.807) is 0 Å². The van der Waals surface area contributed by atoms with E-state index in [0.717, 1.165) is 35.5 Å². The maximum absolute atomic E-state index is 11.8. The summed E-state index contributed by atoms with van der Waals surface area (Å²) in [5.74, 6) is 5.99. The van der Waals surface area contributed by atoms with Crippen LogP contribution in [0.1, 0.15) is 77.0 Å². The van der Waals surface area contributed by atoms with Crippen molar-refractivity contribution in [3.05, 3.63) is 0 Å². The Morgan fingerprint density at radius 2 is 0.727 bits per heavy atom. The average molecular weight is 318 g/mol. The summed E-state index contributed by atoms with van der Waals surface area (Å²) in [4.78, 5) is 11.8. The Morgan fingerprint density at radius 3 is 0.955 bits per heavy atom. The molecule has 0 unspecified atom stereocenters. The predicted molar refractivity (Wildman–Crippen MR) is 90.9 cm³/mol. The van der Waals surface area contributed by atoms with Gasteiger partial charge in [0.05, 0.1) is 0 Å². The molecule has 8 bridgehead atoms. The highest BCUT2D eigenvalue weighted by molar-refractivity contribution is 7.55. The molecule has 8 rings (SSSR count). The normalized spacial score (nSPS) is 62.6. The van der Waals surface area contributed by atoms with Gasteiger partial charge in [0, 0.05) is 18.5 Å². The van der Waals surface area contributed by atoms with Crippen LogP contribution in [0.5, 0.6) is 0 Å². The molecule has 8 saturated carbocycles. The van der Waals surface area contributed by atoms with Gasteiger partial charge < -0.3 is 4.89 Å². The van der Waals surface area contributed by atoms with Gasteiger partial charge in [0.2, 0.25) is 0 Å². The monoisotopic (exact) mass is 318 g/mol. The summed E-state index contributed by atoms with van der Waals surface area (Å²) in [5.41, 5.74) is 0. The molecule has 0 atom stereocenters. The van der Waals surface area contributed by atoms with E-state index in [0.29, 0.717) is 10.3 Å². The summed E-state index contributed by atoms with van der Waals surface area (Å²) >= 11 is 0. The Hall–Kier alpha value is 0.390. The molecule has 0 aromatic rings. The van der Waals surface area contributed by atoms with Gasteiger partial charge in [0.25, 0.3) is 0 Å². The summed E-state index contributed by atoms with van der Waals surface area (Å²) in [6.45, 7) is 0. The fourth-order valence-electron chi connectivity index (χ4n) is 9.15. The molecule has 0 radical (unpaired) electrons. The van der Waals surface area contributed by atoms with Crippen LogP contribution in [-0.2, 0) is 0 Å². The standard InChI is InChI=1S/C20H31OP/c21-22(19-7-13-1-14(8-19)3-15(2-13)9-19)20-10-16-4-17(11-20)6-18(5-16)12-20/h13-18,21H,1-12H2. The third kappa shape index (κ3) is 1.74. The van der Waals surface area contributed by atoms with Gasteiger partial charge in [-0.3, -0.25) is 0 Å². The van der Waals surface area contributed by atoms with Crippen molar-refractivity contribution in [1.82, 2.24) is 0 Å².